The Kier molecular flexibility index (Phi) is 3.80. The Morgan fingerprint density at radius 3 is 3.00 bits per heavy atom. The van der Waals surface area contributed by atoms with Gasteiger partial charge in [0.05, 0.1) is 5.02 Å². The maximum absolute atomic E-state index is 12.2. The first-order chi connectivity index (χ1) is 9.24. The van der Waals surface area contributed by atoms with E-state index in [1.807, 2.05) is 10.8 Å². The van der Waals surface area contributed by atoms with Crippen LogP contribution < -0.4 is 10.6 Å². The van der Waals surface area contributed by atoms with E-state index in [0.29, 0.717) is 22.8 Å². The number of carbonyl (C=O) groups is 1. The van der Waals surface area contributed by atoms with Crippen LogP contribution in [-0.2, 0) is 0 Å². The van der Waals surface area contributed by atoms with Crippen molar-refractivity contribution < 1.29 is 4.79 Å². The summed E-state index contributed by atoms with van der Waals surface area (Å²) in [5, 5.41) is 7.09. The van der Waals surface area contributed by atoms with E-state index < -0.39 is 0 Å². The highest BCUT2D eigenvalue weighted by atomic mass is 35.5. The Morgan fingerprint density at radius 1 is 1.47 bits per heavy atom. The summed E-state index contributed by atoms with van der Waals surface area (Å²) in [4.78, 5) is 12.2. The summed E-state index contributed by atoms with van der Waals surface area (Å²) < 4.78 is 2.02. The zero-order valence-electron chi connectivity index (χ0n) is 11.0. The van der Waals surface area contributed by atoms with Gasteiger partial charge >= 0.3 is 0 Å². The Bertz CT molecular complexity index is 461. The topological polar surface area (TPSA) is 46.1 Å². The number of amides is 1. The van der Waals surface area contributed by atoms with Crippen LogP contribution in [0.4, 0.5) is 0 Å². The molecule has 1 amide bonds. The fraction of sp³-hybridized carbons (Fsp3) is 0.643. The van der Waals surface area contributed by atoms with Crippen molar-refractivity contribution in [1.82, 2.24) is 15.2 Å². The van der Waals surface area contributed by atoms with Gasteiger partial charge in [0.1, 0.15) is 5.69 Å². The number of hydrogen-bond acceptors (Lipinski definition) is 2. The number of halogens is 1. The third-order valence-corrected chi connectivity index (χ3v) is 4.14. The van der Waals surface area contributed by atoms with Crippen molar-refractivity contribution in [3.63, 3.8) is 0 Å². The molecular formula is C14H20ClN3O. The second-order valence-electron chi connectivity index (χ2n) is 5.52. The maximum atomic E-state index is 12.2. The third kappa shape index (κ3) is 3.12. The summed E-state index contributed by atoms with van der Waals surface area (Å²) >= 11 is 6.01. The van der Waals surface area contributed by atoms with E-state index in [4.69, 9.17) is 11.6 Å². The normalized spacial score (nSPS) is 22.7. The molecule has 0 radical (unpaired) electrons. The summed E-state index contributed by atoms with van der Waals surface area (Å²) in [5.74, 6) is -0.00297. The minimum atomic E-state index is -0.00297. The number of nitrogens with one attached hydrogen (secondary N) is 2. The predicted octanol–water partition coefficient (Wildman–Crippen LogP) is 2.35. The number of carbonyl (C=O) groups excluding carboxylic acids is 1. The minimum absolute atomic E-state index is 0.00297. The van der Waals surface area contributed by atoms with Crippen molar-refractivity contribution in [3.8, 4) is 0 Å². The smallest absolute Gasteiger partial charge is 0.267 e. The zero-order chi connectivity index (χ0) is 13.2. The Balaban J connectivity index is 1.54. The van der Waals surface area contributed by atoms with E-state index in [0.717, 1.165) is 32.4 Å². The standard InChI is InChI=1S/C14H20ClN3O/c15-10-8-13(18(9-10)12-3-4-12)14(19)17-7-5-11-2-1-6-16-11/h8-9,11-12,16H,1-7H2,(H,17,19). The molecule has 1 aliphatic carbocycles. The highest BCUT2D eigenvalue weighted by molar-refractivity contribution is 6.31. The number of rotatable bonds is 5. The predicted molar refractivity (Wildman–Crippen MR) is 75.7 cm³/mol. The summed E-state index contributed by atoms with van der Waals surface area (Å²) in [5.41, 5.74) is 0.701. The molecular weight excluding hydrogens is 262 g/mol. The molecule has 2 aliphatic rings. The molecule has 1 saturated carbocycles. The van der Waals surface area contributed by atoms with Gasteiger partial charge < -0.3 is 15.2 Å². The van der Waals surface area contributed by atoms with Crippen molar-refractivity contribution in [2.75, 3.05) is 13.1 Å². The van der Waals surface area contributed by atoms with Gasteiger partial charge in [-0.2, -0.15) is 0 Å². The monoisotopic (exact) mass is 281 g/mol. The van der Waals surface area contributed by atoms with Crippen LogP contribution in [0, 0.1) is 0 Å². The quantitative estimate of drug-likeness (QED) is 0.870. The largest absolute Gasteiger partial charge is 0.351 e. The van der Waals surface area contributed by atoms with Gasteiger partial charge in [-0.15, -0.1) is 0 Å². The van der Waals surface area contributed by atoms with Crippen LogP contribution in [0.1, 0.15) is 48.6 Å². The Morgan fingerprint density at radius 2 is 2.32 bits per heavy atom. The van der Waals surface area contributed by atoms with E-state index in [1.54, 1.807) is 6.07 Å². The van der Waals surface area contributed by atoms with E-state index in [2.05, 4.69) is 10.6 Å². The molecule has 19 heavy (non-hydrogen) atoms. The summed E-state index contributed by atoms with van der Waals surface area (Å²) in [6.07, 6.45) is 7.64. The molecule has 1 aromatic heterocycles. The average Bonchev–Trinajstić information content (AvgIpc) is 2.96. The lowest BCUT2D eigenvalue weighted by molar-refractivity contribution is 0.0943. The molecule has 5 heteroatoms. The lowest BCUT2D eigenvalue weighted by Gasteiger charge is -2.12. The van der Waals surface area contributed by atoms with E-state index in [1.165, 1.54) is 12.8 Å². The van der Waals surface area contributed by atoms with Gasteiger partial charge in [-0.25, -0.2) is 0 Å². The molecule has 1 aromatic rings. The minimum Gasteiger partial charge on any atom is -0.351 e. The van der Waals surface area contributed by atoms with Crippen molar-refractivity contribution in [3.05, 3.63) is 23.0 Å². The van der Waals surface area contributed by atoms with Crippen LogP contribution in [0.15, 0.2) is 12.3 Å². The molecule has 2 heterocycles. The van der Waals surface area contributed by atoms with Crippen LogP contribution >= 0.6 is 11.6 Å². The highest BCUT2D eigenvalue weighted by Gasteiger charge is 2.27. The highest BCUT2D eigenvalue weighted by Crippen LogP contribution is 2.37. The Hall–Kier alpha value is -1.00. The third-order valence-electron chi connectivity index (χ3n) is 3.93. The van der Waals surface area contributed by atoms with Gasteiger partial charge in [0, 0.05) is 24.8 Å². The fourth-order valence-electron chi connectivity index (χ4n) is 2.74. The van der Waals surface area contributed by atoms with Crippen LogP contribution in [0.2, 0.25) is 5.02 Å². The van der Waals surface area contributed by atoms with Crippen LogP contribution in [0.25, 0.3) is 0 Å². The van der Waals surface area contributed by atoms with Gasteiger partial charge in [-0.05, 0) is 44.7 Å². The summed E-state index contributed by atoms with van der Waals surface area (Å²) in [7, 11) is 0. The first-order valence-corrected chi connectivity index (χ1v) is 7.51. The number of hydrogen-bond donors (Lipinski definition) is 2. The lowest BCUT2D eigenvalue weighted by atomic mass is 10.1. The number of nitrogens with zero attached hydrogens (tertiary/aromatic N) is 1. The molecule has 1 atom stereocenters. The zero-order valence-corrected chi connectivity index (χ0v) is 11.7. The first-order valence-electron chi connectivity index (χ1n) is 7.13. The molecule has 1 unspecified atom stereocenters. The summed E-state index contributed by atoms with van der Waals surface area (Å²) in [6, 6.07) is 2.81. The molecule has 1 saturated heterocycles. The SMILES string of the molecule is O=C(NCCC1CCCN1)c1cc(Cl)cn1C1CC1. The number of aromatic nitrogens is 1. The van der Waals surface area contributed by atoms with Gasteiger partial charge in [-0.1, -0.05) is 11.6 Å². The molecule has 4 nitrogen and oxygen atoms in total. The molecule has 1 aliphatic heterocycles. The van der Waals surface area contributed by atoms with Crippen molar-refractivity contribution >= 4 is 17.5 Å². The molecule has 2 fully saturated rings. The van der Waals surface area contributed by atoms with Gasteiger partial charge in [0.25, 0.3) is 5.91 Å². The Labute approximate surface area is 118 Å². The van der Waals surface area contributed by atoms with Gasteiger partial charge in [0.2, 0.25) is 0 Å². The second kappa shape index (κ2) is 5.55. The lowest BCUT2D eigenvalue weighted by Crippen LogP contribution is -2.31. The van der Waals surface area contributed by atoms with Crippen LogP contribution in [0.5, 0.6) is 0 Å². The summed E-state index contributed by atoms with van der Waals surface area (Å²) in [6.45, 7) is 1.84. The fourth-order valence-corrected chi connectivity index (χ4v) is 2.94. The molecule has 0 bridgehead atoms. The van der Waals surface area contributed by atoms with Crippen molar-refractivity contribution in [2.24, 2.45) is 0 Å². The first kappa shape index (κ1) is 13.0. The van der Waals surface area contributed by atoms with Gasteiger partial charge in [-0.3, -0.25) is 4.79 Å². The molecule has 104 valence electrons. The van der Waals surface area contributed by atoms with Crippen molar-refractivity contribution in [1.29, 1.82) is 0 Å². The van der Waals surface area contributed by atoms with E-state index >= 15 is 0 Å². The van der Waals surface area contributed by atoms with Crippen LogP contribution in [-0.4, -0.2) is 29.6 Å². The maximum Gasteiger partial charge on any atom is 0.267 e. The molecule has 3 rings (SSSR count). The van der Waals surface area contributed by atoms with E-state index in [9.17, 15) is 4.79 Å². The molecule has 0 spiro atoms. The second-order valence-corrected chi connectivity index (χ2v) is 5.96. The average molecular weight is 282 g/mol. The molecule has 2 N–H and O–H groups in total. The van der Waals surface area contributed by atoms with Gasteiger partial charge in [0.15, 0.2) is 0 Å². The molecule has 0 aromatic carbocycles. The van der Waals surface area contributed by atoms with Crippen LogP contribution in [0.3, 0.4) is 0 Å². The van der Waals surface area contributed by atoms with Crippen molar-refractivity contribution in [2.45, 2.75) is 44.2 Å². The van der Waals surface area contributed by atoms with E-state index in [-0.39, 0.29) is 5.91 Å².